The highest BCUT2D eigenvalue weighted by Gasteiger charge is 2.52. The van der Waals surface area contributed by atoms with Gasteiger partial charge in [-0.25, -0.2) is 4.79 Å². The van der Waals surface area contributed by atoms with Crippen LogP contribution in [0.3, 0.4) is 0 Å². The fourth-order valence-electron chi connectivity index (χ4n) is 3.36. The molecule has 1 saturated heterocycles. The van der Waals surface area contributed by atoms with Gasteiger partial charge in [-0.05, 0) is 30.5 Å². The quantitative estimate of drug-likeness (QED) is 0.690. The van der Waals surface area contributed by atoms with E-state index < -0.39 is 5.54 Å². The van der Waals surface area contributed by atoms with Crippen LogP contribution in [0.4, 0.5) is 10.5 Å². The molecule has 0 atom stereocenters. The normalized spacial score (nSPS) is 18.2. The van der Waals surface area contributed by atoms with Gasteiger partial charge in [-0.15, -0.1) is 12.4 Å². The molecule has 1 aliphatic carbocycles. The van der Waals surface area contributed by atoms with Crippen LogP contribution in [-0.4, -0.2) is 34.8 Å². The van der Waals surface area contributed by atoms with Crippen molar-refractivity contribution in [1.82, 2.24) is 10.2 Å². The molecule has 1 aromatic rings. The molecule has 0 radical (unpaired) electrons. The lowest BCUT2D eigenvalue weighted by Crippen LogP contribution is -2.44. The molecular weight excluding hydrogens is 344 g/mol. The molecule has 4 amide bonds. The molecule has 1 aromatic carbocycles. The number of rotatable bonds is 5. The number of carbonyl (C=O) groups is 3. The Kier molecular flexibility index (Phi) is 6.02. The van der Waals surface area contributed by atoms with Gasteiger partial charge in [0.05, 0.1) is 0 Å². The van der Waals surface area contributed by atoms with E-state index in [-0.39, 0.29) is 43.2 Å². The van der Waals surface area contributed by atoms with Gasteiger partial charge in [-0.1, -0.05) is 25.0 Å². The summed E-state index contributed by atoms with van der Waals surface area (Å²) in [4.78, 5) is 37.7. The predicted molar refractivity (Wildman–Crippen MR) is 96.3 cm³/mol. The highest BCUT2D eigenvalue weighted by molar-refractivity contribution is 6.07. The van der Waals surface area contributed by atoms with Crippen LogP contribution in [0.2, 0.25) is 0 Å². The van der Waals surface area contributed by atoms with E-state index in [0.717, 1.165) is 18.4 Å². The maximum Gasteiger partial charge on any atom is 0.325 e. The van der Waals surface area contributed by atoms with E-state index in [1.807, 2.05) is 12.1 Å². The average Bonchev–Trinajstić information content (AvgIpc) is 3.13. The molecule has 1 heterocycles. The molecule has 0 unspecified atom stereocenters. The number of nitrogens with zero attached hydrogens (tertiary/aromatic N) is 1. The average molecular weight is 367 g/mol. The van der Waals surface area contributed by atoms with Gasteiger partial charge in [0, 0.05) is 25.2 Å². The summed E-state index contributed by atoms with van der Waals surface area (Å²) in [6, 6.07) is 6.86. The van der Waals surface area contributed by atoms with Gasteiger partial charge < -0.3 is 16.4 Å². The molecule has 3 rings (SSSR count). The van der Waals surface area contributed by atoms with Gasteiger partial charge in [-0.2, -0.15) is 0 Å². The smallest absolute Gasteiger partial charge is 0.325 e. The van der Waals surface area contributed by atoms with E-state index in [9.17, 15) is 14.4 Å². The van der Waals surface area contributed by atoms with Gasteiger partial charge in [0.2, 0.25) is 5.91 Å². The fraction of sp³-hybridized carbons (Fsp3) is 0.471. The Hall–Kier alpha value is -2.12. The van der Waals surface area contributed by atoms with E-state index in [1.165, 1.54) is 4.90 Å². The minimum Gasteiger partial charge on any atom is -0.326 e. The molecule has 1 saturated carbocycles. The third-order valence-electron chi connectivity index (χ3n) is 4.74. The lowest BCUT2D eigenvalue weighted by molar-refractivity contribution is -0.131. The molecule has 7 nitrogen and oxygen atoms in total. The van der Waals surface area contributed by atoms with Crippen molar-refractivity contribution < 1.29 is 14.4 Å². The van der Waals surface area contributed by atoms with Crippen molar-refractivity contribution in [2.45, 2.75) is 44.2 Å². The summed E-state index contributed by atoms with van der Waals surface area (Å²) in [5.74, 6) is -0.423. The second-order valence-corrected chi connectivity index (χ2v) is 6.38. The molecule has 4 N–H and O–H groups in total. The van der Waals surface area contributed by atoms with Crippen LogP contribution in [0.5, 0.6) is 0 Å². The first kappa shape index (κ1) is 19.2. The Morgan fingerprint density at radius 3 is 2.44 bits per heavy atom. The van der Waals surface area contributed by atoms with E-state index in [0.29, 0.717) is 25.1 Å². The Labute approximate surface area is 152 Å². The lowest BCUT2D eigenvalue weighted by Gasteiger charge is -2.19. The first-order valence-electron chi connectivity index (χ1n) is 8.27. The lowest BCUT2D eigenvalue weighted by atomic mass is 9.98. The topological polar surface area (TPSA) is 105 Å². The van der Waals surface area contributed by atoms with Crippen LogP contribution in [0.1, 0.15) is 37.7 Å². The Balaban J connectivity index is 0.00000225. The van der Waals surface area contributed by atoms with E-state index >= 15 is 0 Å². The Morgan fingerprint density at radius 2 is 1.84 bits per heavy atom. The first-order chi connectivity index (χ1) is 11.5. The number of benzene rings is 1. The largest absolute Gasteiger partial charge is 0.326 e. The zero-order valence-electron chi connectivity index (χ0n) is 13.9. The summed E-state index contributed by atoms with van der Waals surface area (Å²) in [5, 5.41) is 5.57. The van der Waals surface area contributed by atoms with Crippen LogP contribution < -0.4 is 16.4 Å². The number of nitrogens with two attached hydrogens (primary N) is 1. The first-order valence-corrected chi connectivity index (χ1v) is 8.27. The highest BCUT2D eigenvalue weighted by atomic mass is 35.5. The van der Waals surface area contributed by atoms with Crippen molar-refractivity contribution in [3.63, 3.8) is 0 Å². The number of imide groups is 1. The predicted octanol–water partition coefficient (Wildman–Crippen LogP) is 1.76. The van der Waals surface area contributed by atoms with Crippen LogP contribution >= 0.6 is 12.4 Å². The van der Waals surface area contributed by atoms with Crippen molar-refractivity contribution in [2.75, 3.05) is 11.9 Å². The van der Waals surface area contributed by atoms with Crippen molar-refractivity contribution in [1.29, 1.82) is 0 Å². The van der Waals surface area contributed by atoms with Crippen LogP contribution in [0, 0.1) is 0 Å². The molecule has 1 spiro atoms. The number of hydrogen-bond donors (Lipinski definition) is 3. The van der Waals surface area contributed by atoms with E-state index in [4.69, 9.17) is 5.73 Å². The third kappa shape index (κ3) is 3.93. The number of halogens is 1. The summed E-state index contributed by atoms with van der Waals surface area (Å²) >= 11 is 0. The molecule has 0 bridgehead atoms. The van der Waals surface area contributed by atoms with Crippen LogP contribution in [-0.2, 0) is 16.1 Å². The number of amides is 4. The standard InChI is InChI=1S/C17H22N4O3.ClH/c18-11-12-3-5-13(6-4-12)19-14(22)7-10-21-15(23)17(20-16(21)24)8-1-2-9-17;/h3-6H,1-2,7-11,18H2,(H,19,22)(H,20,24);1H. The van der Waals surface area contributed by atoms with Gasteiger partial charge in [0.1, 0.15) is 5.54 Å². The van der Waals surface area contributed by atoms with Crippen molar-refractivity contribution >= 4 is 35.9 Å². The van der Waals surface area contributed by atoms with E-state index in [1.54, 1.807) is 12.1 Å². The summed E-state index contributed by atoms with van der Waals surface area (Å²) < 4.78 is 0. The Bertz CT molecular complexity index is 656. The minimum absolute atomic E-state index is 0. The van der Waals surface area contributed by atoms with Gasteiger partial charge in [-0.3, -0.25) is 14.5 Å². The number of nitrogens with one attached hydrogen (secondary N) is 2. The summed E-state index contributed by atoms with van der Waals surface area (Å²) in [6.45, 7) is 0.543. The maximum atomic E-state index is 12.5. The van der Waals surface area contributed by atoms with Crippen molar-refractivity contribution in [3.05, 3.63) is 29.8 Å². The molecule has 136 valence electrons. The monoisotopic (exact) mass is 366 g/mol. The highest BCUT2D eigenvalue weighted by Crippen LogP contribution is 2.35. The number of hydrogen-bond acceptors (Lipinski definition) is 4. The Morgan fingerprint density at radius 1 is 1.20 bits per heavy atom. The zero-order valence-corrected chi connectivity index (χ0v) is 14.7. The molecule has 0 aromatic heterocycles. The third-order valence-corrected chi connectivity index (χ3v) is 4.74. The van der Waals surface area contributed by atoms with Crippen LogP contribution in [0.25, 0.3) is 0 Å². The molecular formula is C17H23ClN4O3. The SMILES string of the molecule is Cl.NCc1ccc(NC(=O)CCN2C(=O)NC3(CCCC3)C2=O)cc1. The molecule has 8 heteroatoms. The molecule has 1 aliphatic heterocycles. The molecule has 2 aliphatic rings. The van der Waals surface area contributed by atoms with Gasteiger partial charge in [0.15, 0.2) is 0 Å². The van der Waals surface area contributed by atoms with Crippen molar-refractivity contribution in [2.24, 2.45) is 5.73 Å². The number of urea groups is 1. The van der Waals surface area contributed by atoms with Gasteiger partial charge in [0.25, 0.3) is 5.91 Å². The zero-order chi connectivity index (χ0) is 17.2. The second kappa shape index (κ2) is 7.84. The van der Waals surface area contributed by atoms with E-state index in [2.05, 4.69) is 10.6 Å². The van der Waals surface area contributed by atoms with Crippen molar-refractivity contribution in [3.8, 4) is 0 Å². The van der Waals surface area contributed by atoms with Crippen LogP contribution in [0.15, 0.2) is 24.3 Å². The summed E-state index contributed by atoms with van der Waals surface area (Å²) in [5.41, 5.74) is 6.46. The second-order valence-electron chi connectivity index (χ2n) is 6.38. The summed E-state index contributed by atoms with van der Waals surface area (Å²) in [7, 11) is 0. The van der Waals surface area contributed by atoms with Gasteiger partial charge >= 0.3 is 6.03 Å². The number of carbonyl (C=O) groups excluding carboxylic acids is 3. The minimum atomic E-state index is -0.717. The number of anilines is 1. The molecule has 2 fully saturated rings. The summed E-state index contributed by atoms with van der Waals surface area (Å²) in [6.07, 6.45) is 3.34. The molecule has 25 heavy (non-hydrogen) atoms. The fourth-order valence-corrected chi connectivity index (χ4v) is 3.36. The maximum absolute atomic E-state index is 12.5.